The fourth-order valence-corrected chi connectivity index (χ4v) is 5.15. The molecule has 0 atom stereocenters. The molecule has 0 unspecified atom stereocenters. The maximum atomic E-state index is 12.8. The topological polar surface area (TPSA) is 129 Å². The minimum absolute atomic E-state index is 0.0458. The normalized spacial score (nSPS) is 14.2. The summed E-state index contributed by atoms with van der Waals surface area (Å²) in [4.78, 5) is 23.8. The highest BCUT2D eigenvalue weighted by Gasteiger charge is 2.30. The zero-order valence-corrected chi connectivity index (χ0v) is 17.6. The lowest BCUT2D eigenvalue weighted by Crippen LogP contribution is -2.32. The van der Waals surface area contributed by atoms with Crippen LogP contribution in [0.5, 0.6) is 0 Å². The highest BCUT2D eigenvalue weighted by Crippen LogP contribution is 2.37. The van der Waals surface area contributed by atoms with Gasteiger partial charge in [-0.05, 0) is 36.8 Å². The van der Waals surface area contributed by atoms with Crippen molar-refractivity contribution in [3.05, 3.63) is 61.9 Å². The molecule has 2 aromatic heterocycles. The number of aryl methyl sites for hydroxylation is 1. The zero-order chi connectivity index (χ0) is 21.5. The van der Waals surface area contributed by atoms with Gasteiger partial charge in [0.05, 0.1) is 21.2 Å². The number of benzene rings is 1. The predicted molar refractivity (Wildman–Crippen MR) is 111 cm³/mol. The Morgan fingerprint density at radius 1 is 1.33 bits per heavy atom. The molecule has 12 heteroatoms. The van der Waals surface area contributed by atoms with Gasteiger partial charge in [0.2, 0.25) is 10.0 Å². The van der Waals surface area contributed by atoms with Crippen LogP contribution in [0.25, 0.3) is 10.7 Å². The largest absolute Gasteiger partial charge is 0.346 e. The van der Waals surface area contributed by atoms with Gasteiger partial charge in [-0.2, -0.15) is 0 Å². The molecule has 10 nitrogen and oxygen atoms in total. The van der Waals surface area contributed by atoms with E-state index in [1.54, 1.807) is 11.5 Å². The van der Waals surface area contributed by atoms with E-state index in [2.05, 4.69) is 9.82 Å². The average molecular weight is 450 g/mol. The molecular weight excluding hydrogens is 430 g/mol. The van der Waals surface area contributed by atoms with Crippen molar-refractivity contribution in [2.24, 2.45) is 0 Å². The van der Waals surface area contributed by atoms with Gasteiger partial charge in [-0.1, -0.05) is 12.1 Å². The van der Waals surface area contributed by atoms with Gasteiger partial charge in [0.25, 0.3) is 5.69 Å². The molecule has 4 rings (SSSR count). The summed E-state index contributed by atoms with van der Waals surface area (Å²) in [5.74, 6) is 0.592. The first-order valence-electron chi connectivity index (χ1n) is 9.26. The van der Waals surface area contributed by atoms with Crippen LogP contribution in [-0.4, -0.2) is 34.2 Å². The Morgan fingerprint density at radius 2 is 2.10 bits per heavy atom. The fourth-order valence-electron chi connectivity index (χ4n) is 3.16. The molecule has 0 saturated heterocycles. The third-order valence-corrected chi connectivity index (χ3v) is 7.28. The second-order valence-corrected chi connectivity index (χ2v) is 9.70. The zero-order valence-electron chi connectivity index (χ0n) is 16.0. The average Bonchev–Trinajstić information content (AvgIpc) is 3.27. The maximum absolute atomic E-state index is 12.8. The summed E-state index contributed by atoms with van der Waals surface area (Å²) in [5, 5.41) is 17.3. The third kappa shape index (κ3) is 3.93. The van der Waals surface area contributed by atoms with Gasteiger partial charge >= 0.3 is 5.69 Å². The maximum Gasteiger partial charge on any atom is 0.346 e. The minimum atomic E-state index is -3.98. The molecule has 0 aliphatic heterocycles. The second-order valence-electron chi connectivity index (χ2n) is 7.01. The summed E-state index contributed by atoms with van der Waals surface area (Å²) in [6.07, 6.45) is 1.84. The van der Waals surface area contributed by atoms with Gasteiger partial charge in [-0.3, -0.25) is 14.7 Å². The Bertz CT molecular complexity index is 1260. The summed E-state index contributed by atoms with van der Waals surface area (Å²) >= 11 is 1.49. The molecule has 1 aromatic carbocycles. The first kappa shape index (κ1) is 20.4. The second kappa shape index (κ2) is 7.78. The standard InChI is InChI=1S/C18H19N5O5S2/c1-12-4-5-14(23(25)26)11-16(12)30(27,28)19-8-9-21-18(24)22(13-6-7-13)17(20-21)15-3-2-10-29-15/h2-5,10-11,13,19H,6-9H2,1H3. The first-order chi connectivity index (χ1) is 14.3. The minimum Gasteiger partial charge on any atom is -0.271 e. The van der Waals surface area contributed by atoms with Gasteiger partial charge in [-0.25, -0.2) is 22.6 Å². The molecule has 1 N–H and O–H groups in total. The number of nitro groups is 1. The molecule has 0 bridgehead atoms. The molecule has 0 radical (unpaired) electrons. The van der Waals surface area contributed by atoms with Crippen molar-refractivity contribution in [3.8, 4) is 10.7 Å². The molecule has 2 heterocycles. The summed E-state index contributed by atoms with van der Waals surface area (Å²) in [6.45, 7) is 1.54. The van der Waals surface area contributed by atoms with Crippen molar-refractivity contribution < 1.29 is 13.3 Å². The van der Waals surface area contributed by atoms with E-state index in [-0.39, 0.29) is 35.4 Å². The van der Waals surface area contributed by atoms with Gasteiger partial charge < -0.3 is 0 Å². The summed E-state index contributed by atoms with van der Waals surface area (Å²) in [6, 6.07) is 7.58. The van der Waals surface area contributed by atoms with E-state index in [9.17, 15) is 23.3 Å². The Hall–Kier alpha value is -2.83. The number of non-ortho nitro benzene ring substituents is 1. The number of nitrogens with one attached hydrogen (secondary N) is 1. The Morgan fingerprint density at radius 3 is 2.73 bits per heavy atom. The molecule has 1 aliphatic rings. The number of nitro benzene ring substituents is 1. The molecule has 0 spiro atoms. The highest BCUT2D eigenvalue weighted by molar-refractivity contribution is 7.89. The van der Waals surface area contributed by atoms with Gasteiger partial charge in [0.15, 0.2) is 5.82 Å². The number of sulfonamides is 1. The van der Waals surface area contributed by atoms with Crippen LogP contribution in [0, 0.1) is 17.0 Å². The molecule has 30 heavy (non-hydrogen) atoms. The number of hydrogen-bond acceptors (Lipinski definition) is 7. The lowest BCUT2D eigenvalue weighted by Gasteiger charge is -2.09. The number of rotatable bonds is 8. The van der Waals surface area contributed by atoms with Crippen molar-refractivity contribution in [1.82, 2.24) is 19.1 Å². The van der Waals surface area contributed by atoms with Crippen LogP contribution < -0.4 is 10.4 Å². The van der Waals surface area contributed by atoms with Gasteiger partial charge in [0.1, 0.15) is 0 Å². The summed E-state index contributed by atoms with van der Waals surface area (Å²) in [5.41, 5.74) is -0.184. The lowest BCUT2D eigenvalue weighted by molar-refractivity contribution is -0.385. The molecule has 0 amide bonds. The van der Waals surface area contributed by atoms with Crippen molar-refractivity contribution >= 4 is 27.0 Å². The van der Waals surface area contributed by atoms with E-state index in [1.807, 2.05) is 17.5 Å². The van der Waals surface area contributed by atoms with E-state index in [0.717, 1.165) is 23.8 Å². The first-order valence-corrected chi connectivity index (χ1v) is 11.6. The number of aromatic nitrogens is 3. The number of thiophene rings is 1. The summed E-state index contributed by atoms with van der Waals surface area (Å²) < 4.78 is 30.6. The molecule has 1 saturated carbocycles. The lowest BCUT2D eigenvalue weighted by atomic mass is 10.2. The van der Waals surface area contributed by atoms with E-state index >= 15 is 0 Å². The van der Waals surface area contributed by atoms with E-state index in [4.69, 9.17) is 0 Å². The number of hydrogen-bond donors (Lipinski definition) is 1. The van der Waals surface area contributed by atoms with E-state index in [0.29, 0.717) is 11.4 Å². The highest BCUT2D eigenvalue weighted by atomic mass is 32.2. The smallest absolute Gasteiger partial charge is 0.271 e. The Kier molecular flexibility index (Phi) is 5.30. The van der Waals surface area contributed by atoms with Crippen LogP contribution in [-0.2, 0) is 16.6 Å². The predicted octanol–water partition coefficient (Wildman–Crippen LogP) is 2.30. The van der Waals surface area contributed by atoms with Crippen LogP contribution in [0.4, 0.5) is 5.69 Å². The van der Waals surface area contributed by atoms with Crippen LogP contribution >= 0.6 is 11.3 Å². The van der Waals surface area contributed by atoms with Crippen molar-refractivity contribution in [3.63, 3.8) is 0 Å². The Labute approximate surface area is 176 Å². The van der Waals surface area contributed by atoms with Crippen molar-refractivity contribution in [2.45, 2.75) is 37.2 Å². The molecule has 158 valence electrons. The fraction of sp³-hybridized carbons (Fsp3) is 0.333. The third-order valence-electron chi connectivity index (χ3n) is 4.81. The summed E-state index contributed by atoms with van der Waals surface area (Å²) in [7, 11) is -3.98. The van der Waals surface area contributed by atoms with Crippen LogP contribution in [0.3, 0.4) is 0 Å². The molecule has 1 fully saturated rings. The van der Waals surface area contributed by atoms with E-state index in [1.165, 1.54) is 28.2 Å². The molecular formula is C18H19N5O5S2. The quantitative estimate of drug-likeness (QED) is 0.415. The SMILES string of the molecule is Cc1ccc([N+](=O)[O-])cc1S(=O)(=O)NCCn1nc(-c2cccs2)n(C2CC2)c1=O. The molecule has 3 aromatic rings. The van der Waals surface area contributed by atoms with Gasteiger partial charge in [0, 0.05) is 24.7 Å². The van der Waals surface area contributed by atoms with Crippen molar-refractivity contribution in [2.75, 3.05) is 6.54 Å². The molecule has 1 aliphatic carbocycles. The van der Waals surface area contributed by atoms with Crippen LogP contribution in [0.1, 0.15) is 24.4 Å². The van der Waals surface area contributed by atoms with Crippen LogP contribution in [0.15, 0.2) is 45.4 Å². The monoisotopic (exact) mass is 449 g/mol. The van der Waals surface area contributed by atoms with Gasteiger partial charge in [-0.15, -0.1) is 16.4 Å². The Balaban J connectivity index is 1.54. The number of nitrogens with zero attached hydrogens (tertiary/aromatic N) is 4. The van der Waals surface area contributed by atoms with E-state index < -0.39 is 14.9 Å². The van der Waals surface area contributed by atoms with Crippen molar-refractivity contribution in [1.29, 1.82) is 0 Å². The van der Waals surface area contributed by atoms with Crippen LogP contribution in [0.2, 0.25) is 0 Å².